The number of hydrogen-bond acceptors (Lipinski definition) is 4. The van der Waals surface area contributed by atoms with E-state index in [4.69, 9.17) is 14.5 Å². The monoisotopic (exact) mass is 460 g/mol. The number of fused-ring (bicyclic) bond motifs is 1. The summed E-state index contributed by atoms with van der Waals surface area (Å²) in [4.78, 5) is 7.15. The molecule has 6 nitrogen and oxygen atoms in total. The third-order valence-corrected chi connectivity index (χ3v) is 4.62. The first-order chi connectivity index (χ1) is 11.8. The molecule has 25 heavy (non-hydrogen) atoms. The number of hydrogen-bond donors (Lipinski definition) is 2. The second-order valence-corrected chi connectivity index (χ2v) is 6.36. The Morgan fingerprint density at radius 2 is 2.12 bits per heavy atom. The first-order valence-corrected chi connectivity index (χ1v) is 8.87. The minimum atomic E-state index is 0. The normalized spacial score (nSPS) is 19.6. The van der Waals surface area contributed by atoms with Gasteiger partial charge in [-0.3, -0.25) is 4.99 Å². The minimum Gasteiger partial charge on any atom is -0.454 e. The number of likely N-dealkylation sites (tertiary alicyclic amines) is 1. The molecule has 0 amide bonds. The molecule has 2 heterocycles. The lowest BCUT2D eigenvalue weighted by atomic mass is 10.1. The molecule has 1 aromatic rings. The molecule has 1 fully saturated rings. The second-order valence-electron chi connectivity index (χ2n) is 6.36. The van der Waals surface area contributed by atoms with E-state index >= 15 is 0 Å². The molecule has 0 aromatic heterocycles. The number of guanidine groups is 1. The zero-order valence-corrected chi connectivity index (χ0v) is 17.4. The molecule has 2 aliphatic rings. The van der Waals surface area contributed by atoms with E-state index in [9.17, 15) is 0 Å². The van der Waals surface area contributed by atoms with E-state index in [0.717, 1.165) is 43.5 Å². The maximum absolute atomic E-state index is 5.43. The van der Waals surface area contributed by atoms with E-state index in [1.807, 2.05) is 6.07 Å². The number of nitrogens with zero attached hydrogens (tertiary/aromatic N) is 2. The standard InChI is InChI=1S/C18H28N4O2.HI/c1-3-19-18(21-12-15-5-4-10-22(15)2)20-9-8-14-6-7-16-17(11-14)24-13-23-16;/h6-7,11,15H,3-5,8-10,12-13H2,1-2H3,(H2,19,20,21);1H. The molecule has 1 atom stereocenters. The van der Waals surface area contributed by atoms with Gasteiger partial charge in [-0.2, -0.15) is 0 Å². The fourth-order valence-electron chi connectivity index (χ4n) is 3.17. The van der Waals surface area contributed by atoms with Gasteiger partial charge in [-0.05, 0) is 57.5 Å². The molecule has 2 aliphatic heterocycles. The molecule has 1 unspecified atom stereocenters. The van der Waals surface area contributed by atoms with Crippen LogP contribution in [0, 0.1) is 0 Å². The summed E-state index contributed by atoms with van der Waals surface area (Å²) < 4.78 is 10.8. The molecule has 0 bridgehead atoms. The van der Waals surface area contributed by atoms with E-state index < -0.39 is 0 Å². The number of aliphatic imine (C=N–C) groups is 1. The van der Waals surface area contributed by atoms with Gasteiger partial charge in [-0.1, -0.05) is 6.07 Å². The smallest absolute Gasteiger partial charge is 0.231 e. The van der Waals surface area contributed by atoms with Crippen molar-refractivity contribution in [3.05, 3.63) is 23.8 Å². The number of halogens is 1. The molecule has 0 radical (unpaired) electrons. The summed E-state index contributed by atoms with van der Waals surface area (Å²) in [5, 5.41) is 6.75. The third-order valence-electron chi connectivity index (χ3n) is 4.62. The van der Waals surface area contributed by atoms with Crippen molar-refractivity contribution in [2.75, 3.05) is 40.0 Å². The lowest BCUT2D eigenvalue weighted by Crippen LogP contribution is -2.39. The largest absolute Gasteiger partial charge is 0.454 e. The number of nitrogens with one attached hydrogen (secondary N) is 2. The maximum atomic E-state index is 5.43. The highest BCUT2D eigenvalue weighted by Gasteiger charge is 2.20. The van der Waals surface area contributed by atoms with Gasteiger partial charge < -0.3 is 25.0 Å². The van der Waals surface area contributed by atoms with Crippen molar-refractivity contribution in [3.63, 3.8) is 0 Å². The van der Waals surface area contributed by atoms with Crippen LogP contribution in [0.1, 0.15) is 25.3 Å². The van der Waals surface area contributed by atoms with Crippen LogP contribution >= 0.6 is 24.0 Å². The Morgan fingerprint density at radius 1 is 1.28 bits per heavy atom. The van der Waals surface area contributed by atoms with Gasteiger partial charge in [0.05, 0.1) is 6.54 Å². The summed E-state index contributed by atoms with van der Waals surface area (Å²) in [6, 6.07) is 6.70. The highest BCUT2D eigenvalue weighted by Crippen LogP contribution is 2.32. The van der Waals surface area contributed by atoms with Gasteiger partial charge in [0, 0.05) is 19.1 Å². The Bertz CT molecular complexity index is 582. The molecule has 0 spiro atoms. The van der Waals surface area contributed by atoms with Crippen molar-refractivity contribution in [3.8, 4) is 11.5 Å². The summed E-state index contributed by atoms with van der Waals surface area (Å²) in [6.07, 6.45) is 3.45. The third kappa shape index (κ3) is 5.64. The molecule has 1 saturated heterocycles. The van der Waals surface area contributed by atoms with Crippen LogP contribution in [0.5, 0.6) is 11.5 Å². The SMILES string of the molecule is CCNC(=NCC1CCCN1C)NCCc1ccc2c(c1)OCO2.I. The molecule has 3 rings (SSSR count). The summed E-state index contributed by atoms with van der Waals surface area (Å²) in [5.41, 5.74) is 1.23. The van der Waals surface area contributed by atoms with Crippen LogP contribution in [-0.4, -0.2) is 56.9 Å². The van der Waals surface area contributed by atoms with Crippen LogP contribution in [0.15, 0.2) is 23.2 Å². The Balaban J connectivity index is 0.00000225. The predicted molar refractivity (Wildman–Crippen MR) is 111 cm³/mol. The zero-order chi connectivity index (χ0) is 16.8. The first kappa shape index (κ1) is 20.1. The fourth-order valence-corrected chi connectivity index (χ4v) is 3.17. The number of benzene rings is 1. The molecular weight excluding hydrogens is 431 g/mol. The minimum absolute atomic E-state index is 0. The molecule has 0 saturated carbocycles. The van der Waals surface area contributed by atoms with Crippen molar-refractivity contribution in [1.29, 1.82) is 0 Å². The van der Waals surface area contributed by atoms with Gasteiger partial charge in [0.15, 0.2) is 17.5 Å². The highest BCUT2D eigenvalue weighted by molar-refractivity contribution is 14.0. The van der Waals surface area contributed by atoms with Crippen LogP contribution in [0.3, 0.4) is 0 Å². The second kappa shape index (κ2) is 10.1. The van der Waals surface area contributed by atoms with Gasteiger partial charge in [-0.15, -0.1) is 24.0 Å². The Morgan fingerprint density at radius 3 is 2.88 bits per heavy atom. The van der Waals surface area contributed by atoms with E-state index in [1.54, 1.807) is 0 Å². The van der Waals surface area contributed by atoms with Crippen LogP contribution in [0.25, 0.3) is 0 Å². The molecule has 0 aliphatic carbocycles. The van der Waals surface area contributed by atoms with Gasteiger partial charge in [0.25, 0.3) is 0 Å². The van der Waals surface area contributed by atoms with Crippen molar-refractivity contribution >= 4 is 29.9 Å². The molecule has 1 aromatic carbocycles. The van der Waals surface area contributed by atoms with Crippen LogP contribution in [0.2, 0.25) is 0 Å². The predicted octanol–water partition coefficient (Wildman–Crippen LogP) is 2.23. The van der Waals surface area contributed by atoms with Gasteiger partial charge in [0.2, 0.25) is 6.79 Å². The number of ether oxygens (including phenoxy) is 2. The molecule has 2 N–H and O–H groups in total. The van der Waals surface area contributed by atoms with Gasteiger partial charge in [-0.25, -0.2) is 0 Å². The zero-order valence-electron chi connectivity index (χ0n) is 15.1. The van der Waals surface area contributed by atoms with Crippen molar-refractivity contribution in [2.45, 2.75) is 32.2 Å². The Kier molecular flexibility index (Phi) is 8.08. The van der Waals surface area contributed by atoms with Crippen LogP contribution < -0.4 is 20.1 Å². The van der Waals surface area contributed by atoms with Crippen LogP contribution in [-0.2, 0) is 6.42 Å². The average molecular weight is 460 g/mol. The molecule has 140 valence electrons. The summed E-state index contributed by atoms with van der Waals surface area (Å²) >= 11 is 0. The number of likely N-dealkylation sites (N-methyl/N-ethyl adjacent to an activating group) is 1. The fraction of sp³-hybridized carbons (Fsp3) is 0.611. The van der Waals surface area contributed by atoms with E-state index in [1.165, 1.54) is 24.9 Å². The molecular formula is C18H29IN4O2. The topological polar surface area (TPSA) is 58.1 Å². The highest BCUT2D eigenvalue weighted by atomic mass is 127. The average Bonchev–Trinajstić information content (AvgIpc) is 3.21. The maximum Gasteiger partial charge on any atom is 0.231 e. The van der Waals surface area contributed by atoms with Crippen molar-refractivity contribution in [2.24, 2.45) is 4.99 Å². The molecule has 7 heteroatoms. The quantitative estimate of drug-likeness (QED) is 0.388. The Hall–Kier alpha value is -1.22. The van der Waals surface area contributed by atoms with Crippen LogP contribution in [0.4, 0.5) is 0 Å². The van der Waals surface area contributed by atoms with E-state index in [0.29, 0.717) is 12.8 Å². The van der Waals surface area contributed by atoms with Gasteiger partial charge in [0.1, 0.15) is 0 Å². The lowest BCUT2D eigenvalue weighted by Gasteiger charge is -2.18. The summed E-state index contributed by atoms with van der Waals surface area (Å²) in [7, 11) is 2.19. The van der Waals surface area contributed by atoms with E-state index in [-0.39, 0.29) is 24.0 Å². The van der Waals surface area contributed by atoms with E-state index in [2.05, 4.69) is 41.6 Å². The Labute approximate surface area is 167 Å². The number of rotatable bonds is 6. The van der Waals surface area contributed by atoms with Crippen molar-refractivity contribution in [1.82, 2.24) is 15.5 Å². The summed E-state index contributed by atoms with van der Waals surface area (Å²) in [6.45, 7) is 6.17. The lowest BCUT2D eigenvalue weighted by molar-refractivity contribution is 0.174. The van der Waals surface area contributed by atoms with Crippen molar-refractivity contribution < 1.29 is 9.47 Å². The van der Waals surface area contributed by atoms with Gasteiger partial charge >= 0.3 is 0 Å². The summed E-state index contributed by atoms with van der Waals surface area (Å²) in [5.74, 6) is 2.58. The first-order valence-electron chi connectivity index (χ1n) is 8.87.